The fraction of sp³-hybridized carbons (Fsp3) is 0.355. The monoisotopic (exact) mass is 558 g/mol. The Balaban J connectivity index is 1.44. The number of hydrogen-bond acceptors (Lipinski definition) is 7. The van der Waals surface area contributed by atoms with E-state index >= 15 is 0 Å². The van der Waals surface area contributed by atoms with Crippen molar-refractivity contribution in [2.45, 2.75) is 50.2 Å². The van der Waals surface area contributed by atoms with E-state index in [2.05, 4.69) is 16.0 Å². The average Bonchev–Trinajstić information content (AvgIpc) is 3.37. The molecule has 1 aliphatic heterocycles. The van der Waals surface area contributed by atoms with Crippen LogP contribution in [0.3, 0.4) is 0 Å². The number of carbonyl (C=O) groups is 1. The summed E-state index contributed by atoms with van der Waals surface area (Å²) in [4.78, 5) is 33.1. The van der Waals surface area contributed by atoms with Crippen molar-refractivity contribution in [3.05, 3.63) is 87.3 Å². The van der Waals surface area contributed by atoms with Crippen molar-refractivity contribution < 1.29 is 14.3 Å². The Kier molecular flexibility index (Phi) is 8.69. The van der Waals surface area contributed by atoms with Crippen molar-refractivity contribution in [2.75, 3.05) is 20.0 Å². The lowest BCUT2D eigenvalue weighted by molar-refractivity contribution is -0.130. The summed E-state index contributed by atoms with van der Waals surface area (Å²) >= 11 is 1.24. The van der Waals surface area contributed by atoms with E-state index in [4.69, 9.17) is 14.6 Å². The molecule has 1 N–H and O–H groups in total. The molecule has 1 fully saturated rings. The third-order valence-corrected chi connectivity index (χ3v) is 8.14. The zero-order valence-corrected chi connectivity index (χ0v) is 23.9. The normalized spacial score (nSPS) is 19.3. The van der Waals surface area contributed by atoms with Gasteiger partial charge in [0.05, 0.1) is 31.7 Å². The molecular weight excluding hydrogens is 524 g/mol. The first-order valence-electron chi connectivity index (χ1n) is 13.6. The van der Waals surface area contributed by atoms with E-state index in [1.54, 1.807) is 19.2 Å². The van der Waals surface area contributed by atoms with Gasteiger partial charge in [0.1, 0.15) is 11.5 Å². The number of aromatic nitrogens is 2. The molecule has 1 aromatic heterocycles. The number of thioether (sulfide) groups is 1. The Morgan fingerprint density at radius 1 is 1.10 bits per heavy atom. The van der Waals surface area contributed by atoms with Crippen molar-refractivity contribution in [2.24, 2.45) is 11.0 Å². The first-order valence-corrected chi connectivity index (χ1v) is 14.6. The minimum Gasteiger partial charge on any atom is -0.497 e. The summed E-state index contributed by atoms with van der Waals surface area (Å²) in [5.41, 5.74) is 4.75. The lowest BCUT2D eigenvalue weighted by Gasteiger charge is -2.29. The van der Waals surface area contributed by atoms with Gasteiger partial charge in [-0.3, -0.25) is 9.59 Å². The Bertz CT molecular complexity index is 1460. The highest BCUT2D eigenvalue weighted by atomic mass is 32.2. The number of nitrogens with zero attached hydrogens (tertiary/aromatic N) is 3. The molecule has 5 rings (SSSR count). The summed E-state index contributed by atoms with van der Waals surface area (Å²) in [6.07, 6.45) is 6.65. The van der Waals surface area contributed by atoms with Gasteiger partial charge >= 0.3 is 0 Å². The van der Waals surface area contributed by atoms with Gasteiger partial charge in [0.15, 0.2) is 5.16 Å². The van der Waals surface area contributed by atoms with E-state index in [0.717, 1.165) is 71.7 Å². The minimum atomic E-state index is -0.216. The molecule has 2 atom stereocenters. The highest BCUT2D eigenvalue weighted by Crippen LogP contribution is 2.45. The zero-order valence-electron chi connectivity index (χ0n) is 23.1. The Labute approximate surface area is 238 Å². The predicted molar refractivity (Wildman–Crippen MR) is 158 cm³/mol. The molecule has 208 valence electrons. The van der Waals surface area contributed by atoms with Crippen LogP contribution in [0.2, 0.25) is 0 Å². The molecule has 1 amide bonds. The molecule has 2 aromatic carbocycles. The second kappa shape index (κ2) is 12.6. The van der Waals surface area contributed by atoms with E-state index in [0.29, 0.717) is 5.16 Å². The number of H-pyrrole nitrogens is 1. The van der Waals surface area contributed by atoms with Gasteiger partial charge in [-0.25, -0.2) is 9.99 Å². The Morgan fingerprint density at radius 3 is 2.48 bits per heavy atom. The van der Waals surface area contributed by atoms with E-state index < -0.39 is 0 Å². The van der Waals surface area contributed by atoms with E-state index in [1.807, 2.05) is 55.5 Å². The standard InChI is InChI=1S/C31H34N4O4S/c1-4-6-23-18-27(36)33-31(32-23)40-19-28(37)35-30(21-11-15-25(39-3)16-12-21)26-8-5-7-22(29(26)34-35)17-20-9-13-24(38-2)14-10-20/h9-18,26,30H,4-8,19H2,1-3H3,(H,32,33,36)/b22-17-/t26-,30+/m0/s1. The van der Waals surface area contributed by atoms with Gasteiger partial charge in [-0.2, -0.15) is 5.10 Å². The van der Waals surface area contributed by atoms with Crippen LogP contribution in [0.1, 0.15) is 55.5 Å². The van der Waals surface area contributed by atoms with Crippen LogP contribution >= 0.6 is 11.8 Å². The number of hydrogen-bond donors (Lipinski definition) is 1. The highest BCUT2D eigenvalue weighted by Gasteiger charge is 2.43. The van der Waals surface area contributed by atoms with Gasteiger partial charge in [-0.15, -0.1) is 0 Å². The SMILES string of the molecule is CCCc1cc(=O)[nH]c(SCC(=O)N2N=C3/C(=C\c4ccc(OC)cc4)CCC[C@@H]3[C@H]2c2ccc(OC)cc2)n1. The molecule has 40 heavy (non-hydrogen) atoms. The topological polar surface area (TPSA) is 96.9 Å². The highest BCUT2D eigenvalue weighted by molar-refractivity contribution is 7.99. The smallest absolute Gasteiger partial charge is 0.253 e. The number of aryl methyl sites for hydroxylation is 1. The lowest BCUT2D eigenvalue weighted by atomic mass is 9.77. The maximum atomic E-state index is 13.7. The van der Waals surface area contributed by atoms with E-state index in [9.17, 15) is 9.59 Å². The Morgan fingerprint density at radius 2 is 1.80 bits per heavy atom. The zero-order chi connectivity index (χ0) is 28.1. The molecule has 0 unspecified atom stereocenters. The number of hydrazone groups is 1. The molecule has 2 heterocycles. The summed E-state index contributed by atoms with van der Waals surface area (Å²) in [6.45, 7) is 2.04. The first-order chi connectivity index (χ1) is 19.5. The fourth-order valence-electron chi connectivity index (χ4n) is 5.38. The molecular formula is C31H34N4O4S. The van der Waals surface area contributed by atoms with Crippen molar-refractivity contribution in [1.82, 2.24) is 15.0 Å². The van der Waals surface area contributed by atoms with Crippen molar-refractivity contribution in [1.29, 1.82) is 0 Å². The molecule has 0 spiro atoms. The van der Waals surface area contributed by atoms with Crippen LogP contribution in [0.4, 0.5) is 0 Å². The van der Waals surface area contributed by atoms with Crippen LogP contribution < -0.4 is 15.0 Å². The summed E-state index contributed by atoms with van der Waals surface area (Å²) in [5, 5.41) is 7.07. The second-order valence-electron chi connectivity index (χ2n) is 9.96. The van der Waals surface area contributed by atoms with Crippen LogP contribution in [0.15, 0.2) is 75.2 Å². The first kappa shape index (κ1) is 27.7. The maximum absolute atomic E-state index is 13.7. The number of benzene rings is 2. The van der Waals surface area contributed by atoms with Crippen LogP contribution in [0, 0.1) is 5.92 Å². The second-order valence-corrected chi connectivity index (χ2v) is 10.9. The van der Waals surface area contributed by atoms with Gasteiger partial charge in [0, 0.05) is 17.7 Å². The number of fused-ring (bicyclic) bond motifs is 1. The molecule has 0 saturated heterocycles. The molecule has 1 saturated carbocycles. The van der Waals surface area contributed by atoms with Crippen LogP contribution in [0.5, 0.6) is 11.5 Å². The van der Waals surface area contributed by atoms with Crippen LogP contribution in [0.25, 0.3) is 6.08 Å². The number of rotatable bonds is 9. The summed E-state index contributed by atoms with van der Waals surface area (Å²) in [6, 6.07) is 17.2. The van der Waals surface area contributed by atoms with E-state index in [1.165, 1.54) is 17.8 Å². The van der Waals surface area contributed by atoms with Gasteiger partial charge in [-0.05, 0) is 72.7 Å². The van der Waals surface area contributed by atoms with Gasteiger partial charge < -0.3 is 14.5 Å². The maximum Gasteiger partial charge on any atom is 0.253 e. The molecule has 1 aliphatic carbocycles. The summed E-state index contributed by atoms with van der Waals surface area (Å²) < 4.78 is 10.7. The van der Waals surface area contributed by atoms with Crippen molar-refractivity contribution in [3.8, 4) is 11.5 Å². The number of aromatic amines is 1. The van der Waals surface area contributed by atoms with Crippen molar-refractivity contribution in [3.63, 3.8) is 0 Å². The lowest BCUT2D eigenvalue weighted by Crippen LogP contribution is -2.33. The van der Waals surface area contributed by atoms with Crippen LogP contribution in [-0.4, -0.2) is 46.6 Å². The minimum absolute atomic E-state index is 0.0893. The van der Waals surface area contributed by atoms with Gasteiger partial charge in [0.25, 0.3) is 11.5 Å². The molecule has 3 aromatic rings. The van der Waals surface area contributed by atoms with E-state index in [-0.39, 0.29) is 29.2 Å². The number of amides is 1. The quantitative estimate of drug-likeness (QED) is 0.269. The number of methoxy groups -OCH3 is 2. The van der Waals surface area contributed by atoms with Gasteiger partial charge in [-0.1, -0.05) is 49.4 Å². The molecule has 0 bridgehead atoms. The van der Waals surface area contributed by atoms with Gasteiger partial charge in [0.2, 0.25) is 0 Å². The molecule has 9 heteroatoms. The van der Waals surface area contributed by atoms with Crippen molar-refractivity contribution >= 4 is 29.5 Å². The Hall–Kier alpha value is -3.85. The molecule has 8 nitrogen and oxygen atoms in total. The average molecular weight is 559 g/mol. The number of ether oxygens (including phenoxy) is 2. The summed E-state index contributed by atoms with van der Waals surface area (Å²) in [5.74, 6) is 1.66. The number of carbonyl (C=O) groups excluding carboxylic acids is 1. The summed E-state index contributed by atoms with van der Waals surface area (Å²) in [7, 11) is 3.30. The fourth-order valence-corrected chi connectivity index (χ4v) is 6.12. The predicted octanol–water partition coefficient (Wildman–Crippen LogP) is 5.65. The number of allylic oxidation sites excluding steroid dienone is 1. The molecule has 0 radical (unpaired) electrons. The third-order valence-electron chi connectivity index (χ3n) is 7.28. The van der Waals surface area contributed by atoms with Crippen LogP contribution in [-0.2, 0) is 11.2 Å². The third kappa shape index (κ3) is 6.14. The number of nitrogens with one attached hydrogen (secondary N) is 1. The molecule has 2 aliphatic rings. The largest absolute Gasteiger partial charge is 0.497 e.